The first-order valence-corrected chi connectivity index (χ1v) is 43.1. The maximum absolute atomic E-state index is 2.65. The van der Waals surface area contributed by atoms with Crippen molar-refractivity contribution in [1.82, 2.24) is 0 Å². The minimum Gasteiger partial charge on any atom is -0.0627 e. The molecular formula is C54H68Si6. The van der Waals surface area contributed by atoms with Crippen LogP contribution in [0, 0.1) is 125 Å². The fourth-order valence-corrected chi connectivity index (χ4v) is 469. The van der Waals surface area contributed by atoms with E-state index in [1.807, 2.05) is 31.1 Å². The molecule has 0 aromatic heterocycles. The summed E-state index contributed by atoms with van der Waals surface area (Å²) < 4.78 is 0. The van der Waals surface area contributed by atoms with Gasteiger partial charge in [0.1, 0.15) is 0 Å². The minimum atomic E-state index is -2.32. The predicted molar refractivity (Wildman–Crippen MR) is 279 cm³/mol. The van der Waals surface area contributed by atoms with Crippen LogP contribution in [0.2, 0.25) is 0 Å². The normalized spacial score (nSPS) is 26.1. The van der Waals surface area contributed by atoms with Gasteiger partial charge >= 0.3 is 0 Å². The summed E-state index contributed by atoms with van der Waals surface area (Å²) >= 11 is 0. The Morgan fingerprint density at radius 2 is 0.350 bits per heavy atom. The van der Waals surface area contributed by atoms with Crippen molar-refractivity contribution in [3.63, 3.8) is 0 Å². The Balaban J connectivity index is 1.66. The molecule has 6 heteroatoms. The smallest absolute Gasteiger partial charge is 0.0627 e. The van der Waals surface area contributed by atoms with Crippen LogP contribution < -0.4 is 31.1 Å². The van der Waals surface area contributed by atoms with E-state index in [-0.39, 0.29) is 0 Å². The molecule has 0 spiro atoms. The van der Waals surface area contributed by atoms with E-state index in [0.29, 0.717) is 0 Å². The van der Waals surface area contributed by atoms with Crippen LogP contribution in [-0.4, -0.2) is 42.2 Å². The molecule has 5 fully saturated rings. The second-order valence-electron chi connectivity index (χ2n) is 20.8. The van der Waals surface area contributed by atoms with Gasteiger partial charge in [-0.3, -0.25) is 0 Å². The van der Waals surface area contributed by atoms with Gasteiger partial charge < -0.3 is 0 Å². The van der Waals surface area contributed by atoms with Gasteiger partial charge in [-0.15, -0.1) is 0 Å². The predicted octanol–water partition coefficient (Wildman–Crippen LogP) is 7.90. The van der Waals surface area contributed by atoms with Crippen LogP contribution >= 0.6 is 0 Å². The van der Waals surface area contributed by atoms with E-state index >= 15 is 0 Å². The van der Waals surface area contributed by atoms with Gasteiger partial charge in [0.15, 0.2) is 0 Å². The molecule has 0 amide bonds. The Morgan fingerprint density at radius 3 is 0.500 bits per heavy atom. The van der Waals surface area contributed by atoms with Crippen molar-refractivity contribution < 1.29 is 0 Å². The topological polar surface area (TPSA) is 0 Å². The van der Waals surface area contributed by atoms with Crippen LogP contribution in [0.15, 0.2) is 72.8 Å². The maximum atomic E-state index is 2.65. The molecule has 5 aliphatic heterocycles. The molecule has 0 atom stereocenters. The lowest BCUT2D eigenvalue weighted by Crippen LogP contribution is -3.50. The molecule has 11 rings (SSSR count). The highest BCUT2D eigenvalue weighted by atomic mass is 30.9. The highest BCUT2D eigenvalue weighted by Crippen LogP contribution is 2.76. The van der Waals surface area contributed by atoms with Crippen molar-refractivity contribution in [2.75, 3.05) is 0 Å². The lowest BCUT2D eigenvalue weighted by molar-refractivity contribution is 1.33. The summed E-state index contributed by atoms with van der Waals surface area (Å²) in [5.74, 6) is 0. The van der Waals surface area contributed by atoms with Gasteiger partial charge in [0.05, 0.1) is 42.2 Å². The van der Waals surface area contributed by atoms with Crippen LogP contribution in [0.4, 0.5) is 0 Å². The van der Waals surface area contributed by atoms with Gasteiger partial charge in [0.2, 0.25) is 0 Å². The van der Waals surface area contributed by atoms with Crippen molar-refractivity contribution in [2.45, 2.75) is 125 Å². The van der Waals surface area contributed by atoms with Crippen LogP contribution in [0.1, 0.15) is 100 Å². The number of hydrogen-bond donors (Lipinski definition) is 0. The Morgan fingerprint density at radius 1 is 0.217 bits per heavy atom. The molecule has 6 aromatic carbocycles. The first-order valence-electron chi connectivity index (χ1n) is 22.7. The third kappa shape index (κ3) is 4.61. The van der Waals surface area contributed by atoms with Gasteiger partial charge in [0.25, 0.3) is 0 Å². The molecule has 5 saturated heterocycles. The lowest BCUT2D eigenvalue weighted by atomic mass is 10.1. The molecular weight excluding hydrogens is 817 g/mol. The van der Waals surface area contributed by atoms with Crippen molar-refractivity contribution in [2.24, 2.45) is 0 Å². The molecule has 4 bridgehead atoms. The fourth-order valence-electron chi connectivity index (χ4n) is 16.9. The van der Waals surface area contributed by atoms with E-state index in [9.17, 15) is 0 Å². The summed E-state index contributed by atoms with van der Waals surface area (Å²) in [6.45, 7) is 35.8. The van der Waals surface area contributed by atoms with E-state index in [1.54, 1.807) is 66.8 Å². The number of hydrogen-bond acceptors (Lipinski definition) is 0. The van der Waals surface area contributed by atoms with Crippen molar-refractivity contribution >= 4 is 73.3 Å². The zero-order valence-corrected chi connectivity index (χ0v) is 46.4. The van der Waals surface area contributed by atoms with Gasteiger partial charge in [0, 0.05) is 0 Å². The van der Waals surface area contributed by atoms with E-state index in [1.165, 1.54) is 33.4 Å². The third-order valence-corrected chi connectivity index (χ3v) is 233. The van der Waals surface area contributed by atoms with Crippen LogP contribution in [0.5, 0.6) is 0 Å². The fraction of sp³-hybridized carbons (Fsp3) is 0.333. The standard InChI is InChI=1S/C54H68Si6/c1-31-19-37(7)49(38(8)20-31)55-57(51-41(11)23-33(3)24-42(51)12)59(53-45(15)27-35(5)28-46(53)16)56(50-39(9)21-32(2)22-40(50)10)60(57,54-47(17)29-36(6)30-48(54)18)58(55,59)52-43(13)25-34(4)26-44(52)14/h19-30,55-56H,1-18H3. The SMILES string of the molecule is Cc1cc(C)c([SiH]2[Si]3(c4c(C)cc(C)cc4C)[Si]4(c5c(C)cc(C)cc5C)[SiH](c5c(C)cc(C)cc5C)[Si]3(c3c(C)cc(C)cc3C)[Si]24c2c(C)cc(C)cc2C)c(C)c1. The lowest BCUT2D eigenvalue weighted by Gasteiger charge is -3.07. The molecule has 0 nitrogen and oxygen atoms in total. The molecule has 308 valence electrons. The summed E-state index contributed by atoms with van der Waals surface area (Å²) in [7, 11) is -3.36. The van der Waals surface area contributed by atoms with E-state index in [2.05, 4.69) is 197 Å². The molecule has 0 saturated carbocycles. The van der Waals surface area contributed by atoms with E-state index in [0.717, 1.165) is 0 Å². The molecule has 60 heavy (non-hydrogen) atoms. The summed E-state index contributed by atoms with van der Waals surface area (Å²) in [5.41, 5.74) is 28.4. The average Bonchev–Trinajstić information content (AvgIpc) is 3.09. The summed E-state index contributed by atoms with van der Waals surface area (Å²) in [4.78, 5) is 0. The first-order chi connectivity index (χ1) is 28.2. The van der Waals surface area contributed by atoms with Gasteiger partial charge in [-0.05, 0) is 125 Å². The molecule has 5 aliphatic rings. The van der Waals surface area contributed by atoms with Crippen molar-refractivity contribution in [3.8, 4) is 0 Å². The Hall–Kier alpha value is -3.38. The Labute approximate surface area is 368 Å². The third-order valence-electron chi connectivity index (χ3n) is 16.6. The summed E-state index contributed by atoms with van der Waals surface area (Å²) in [6.07, 6.45) is 0. The van der Waals surface area contributed by atoms with E-state index < -0.39 is 42.2 Å². The zero-order chi connectivity index (χ0) is 43.5. The van der Waals surface area contributed by atoms with Crippen molar-refractivity contribution in [3.05, 3.63) is 173 Å². The summed E-state index contributed by atoms with van der Waals surface area (Å²) in [5, 5.41) is 11.8. The monoisotopic (exact) mass is 884 g/mol. The van der Waals surface area contributed by atoms with Gasteiger partial charge in [-0.1, -0.05) is 204 Å². The highest BCUT2D eigenvalue weighted by molar-refractivity contribution is 8.72. The van der Waals surface area contributed by atoms with Gasteiger partial charge in [-0.25, -0.2) is 0 Å². The molecule has 0 unspecified atom stereocenters. The highest BCUT2D eigenvalue weighted by Gasteiger charge is 3.18. The van der Waals surface area contributed by atoms with Crippen LogP contribution in [-0.2, 0) is 0 Å². The quantitative estimate of drug-likeness (QED) is 0.150. The zero-order valence-electron chi connectivity index (χ0n) is 40.1. The molecule has 6 aromatic rings. The van der Waals surface area contributed by atoms with Crippen LogP contribution in [0.25, 0.3) is 0 Å². The first kappa shape index (κ1) is 41.9. The minimum absolute atomic E-state index is 1.44. The van der Waals surface area contributed by atoms with Crippen LogP contribution in [0.3, 0.4) is 0 Å². The largest absolute Gasteiger partial charge is 0.0707 e. The molecule has 0 aliphatic carbocycles. The average molecular weight is 886 g/mol. The second kappa shape index (κ2) is 13.6. The second-order valence-corrected chi connectivity index (χ2v) is 91.7. The number of aryl methyl sites for hydroxylation is 18. The van der Waals surface area contributed by atoms with Gasteiger partial charge in [-0.2, -0.15) is 0 Å². The van der Waals surface area contributed by atoms with Crippen molar-refractivity contribution in [1.29, 1.82) is 0 Å². The molecule has 5 heterocycles. The maximum Gasteiger partial charge on any atom is 0.0707 e. The molecule has 0 radical (unpaired) electrons. The number of benzene rings is 6. The summed E-state index contributed by atoms with van der Waals surface area (Å²) in [6, 6.07) is 31.7. The Kier molecular flexibility index (Phi) is 9.48. The number of rotatable bonds is 6. The molecule has 0 N–H and O–H groups in total. The van der Waals surface area contributed by atoms with E-state index in [4.69, 9.17) is 0 Å². The Bertz CT molecular complexity index is 2410.